The lowest BCUT2D eigenvalue weighted by Gasteiger charge is -1.96. The topological polar surface area (TPSA) is 75.9 Å². The summed E-state index contributed by atoms with van der Waals surface area (Å²) in [5, 5.41) is 6.69. The molecule has 0 heterocycles. The summed E-state index contributed by atoms with van der Waals surface area (Å²) in [6.07, 6.45) is 0. The van der Waals surface area contributed by atoms with Crippen molar-refractivity contribution < 1.29 is 0 Å². The summed E-state index contributed by atoms with van der Waals surface area (Å²) in [7, 11) is 0. The summed E-state index contributed by atoms with van der Waals surface area (Å²) in [6, 6.07) is 0. The van der Waals surface area contributed by atoms with Crippen molar-refractivity contribution in [2.24, 2.45) is 11.5 Å². The van der Waals surface area contributed by atoms with Crippen molar-refractivity contribution in [2.45, 2.75) is 4.28 Å². The van der Waals surface area contributed by atoms with Crippen LogP contribution in [-0.2, 0) is 0 Å². The van der Waals surface area contributed by atoms with Crippen molar-refractivity contribution in [1.29, 1.82) is 5.41 Å². The minimum absolute atomic E-state index is 0.0318. The van der Waals surface area contributed by atoms with E-state index in [9.17, 15) is 0 Å². The number of nitrogens with one attached hydrogen (secondary N) is 1. The highest BCUT2D eigenvalue weighted by Crippen LogP contribution is 2.08. The Morgan fingerprint density at radius 1 is 1.86 bits per heavy atom. The van der Waals surface area contributed by atoms with Crippen molar-refractivity contribution in [1.82, 2.24) is 0 Å². The molecular formula is C2H6BrN3S. The highest BCUT2D eigenvalue weighted by Gasteiger charge is 1.95. The van der Waals surface area contributed by atoms with Crippen molar-refractivity contribution in [2.75, 3.05) is 0 Å². The first-order valence-corrected chi connectivity index (χ1v) is 3.33. The maximum Gasteiger partial charge on any atom is 0.153 e. The quantitative estimate of drug-likeness (QED) is 0.180. The maximum absolute atomic E-state index is 6.66. The lowest BCUT2D eigenvalue weighted by atomic mass is 11.4. The first-order valence-electron chi connectivity index (χ1n) is 1.53. The van der Waals surface area contributed by atoms with E-state index in [4.69, 9.17) is 16.9 Å². The van der Waals surface area contributed by atoms with Gasteiger partial charge in [-0.3, -0.25) is 5.41 Å². The third-order valence-electron chi connectivity index (χ3n) is 0.240. The number of amidine groups is 1. The molecule has 1 atom stereocenters. The zero-order valence-corrected chi connectivity index (χ0v) is 5.92. The summed E-state index contributed by atoms with van der Waals surface area (Å²) >= 11 is 4.06. The first kappa shape index (κ1) is 7.26. The predicted molar refractivity (Wildman–Crippen MR) is 36.4 cm³/mol. The van der Waals surface area contributed by atoms with Crippen LogP contribution in [-0.4, -0.2) is 9.45 Å². The molecule has 0 aliphatic carbocycles. The van der Waals surface area contributed by atoms with Gasteiger partial charge in [-0.1, -0.05) is 27.7 Å². The number of halogens is 1. The molecule has 0 fully saturated rings. The van der Waals surface area contributed by atoms with Crippen LogP contribution in [0.25, 0.3) is 0 Å². The van der Waals surface area contributed by atoms with Crippen LogP contribution in [0.3, 0.4) is 0 Å². The molecule has 42 valence electrons. The Kier molecular flexibility index (Phi) is 3.41. The second-order valence-electron chi connectivity index (χ2n) is 0.833. The third kappa shape index (κ3) is 6.26. The van der Waals surface area contributed by atoms with E-state index in [2.05, 4.69) is 15.9 Å². The second-order valence-corrected chi connectivity index (χ2v) is 3.61. The maximum atomic E-state index is 6.66. The number of thioether (sulfide) groups is 1. The fraction of sp³-hybridized carbons (Fsp3) is 0.500. The fourth-order valence-electron chi connectivity index (χ4n) is 0.121. The molecule has 0 spiro atoms. The van der Waals surface area contributed by atoms with Crippen LogP contribution in [0.1, 0.15) is 0 Å². The van der Waals surface area contributed by atoms with E-state index in [1.54, 1.807) is 0 Å². The minimum Gasteiger partial charge on any atom is -0.379 e. The van der Waals surface area contributed by atoms with Crippen LogP contribution < -0.4 is 11.5 Å². The van der Waals surface area contributed by atoms with Gasteiger partial charge in [-0.15, -0.1) is 0 Å². The molecule has 5 N–H and O–H groups in total. The van der Waals surface area contributed by atoms with E-state index in [1.165, 1.54) is 0 Å². The minimum atomic E-state index is -0.245. The van der Waals surface area contributed by atoms with Gasteiger partial charge in [0.25, 0.3) is 0 Å². The molecule has 0 bridgehead atoms. The molecule has 1 unspecified atom stereocenters. The summed E-state index contributed by atoms with van der Waals surface area (Å²) in [6.45, 7) is 0. The average Bonchev–Trinajstić information content (AvgIpc) is 1.27. The van der Waals surface area contributed by atoms with Crippen LogP contribution in [0, 0.1) is 5.41 Å². The molecule has 0 rings (SSSR count). The molecule has 0 amide bonds. The Balaban J connectivity index is 3.13. The molecule has 0 aromatic heterocycles. The number of rotatable bonds is 1. The van der Waals surface area contributed by atoms with Crippen LogP contribution in [0.15, 0.2) is 0 Å². The SMILES string of the molecule is N=C(N)SC(N)Br. The Bertz CT molecular complexity index is 73.3. The molecule has 5 heteroatoms. The van der Waals surface area contributed by atoms with E-state index >= 15 is 0 Å². The lowest BCUT2D eigenvalue weighted by molar-refractivity contribution is 1.34. The average molecular weight is 184 g/mol. The fourth-order valence-corrected chi connectivity index (χ4v) is 0.968. The van der Waals surface area contributed by atoms with E-state index in [1.807, 2.05) is 0 Å². The molecule has 0 saturated heterocycles. The number of nitrogens with two attached hydrogens (primary N) is 2. The number of hydrogen-bond donors (Lipinski definition) is 3. The van der Waals surface area contributed by atoms with Crippen molar-refractivity contribution in [3.05, 3.63) is 0 Å². The van der Waals surface area contributed by atoms with Crippen LogP contribution in [0.4, 0.5) is 0 Å². The van der Waals surface area contributed by atoms with Crippen LogP contribution in [0.5, 0.6) is 0 Å². The Hall–Kier alpha value is 0.260. The lowest BCUT2D eigenvalue weighted by Crippen LogP contribution is -2.13. The van der Waals surface area contributed by atoms with Crippen LogP contribution in [0.2, 0.25) is 0 Å². The van der Waals surface area contributed by atoms with Gasteiger partial charge >= 0.3 is 0 Å². The van der Waals surface area contributed by atoms with Crippen LogP contribution >= 0.6 is 27.7 Å². The molecule has 3 nitrogen and oxygen atoms in total. The van der Waals surface area contributed by atoms with Crippen molar-refractivity contribution in [3.63, 3.8) is 0 Å². The normalized spacial score (nSPS) is 13.4. The summed E-state index contributed by atoms with van der Waals surface area (Å²) in [5.74, 6) is 0. The van der Waals surface area contributed by atoms with Gasteiger partial charge in [0.05, 0.1) is 0 Å². The van der Waals surface area contributed by atoms with Gasteiger partial charge in [0.15, 0.2) is 5.17 Å². The summed E-state index contributed by atoms with van der Waals surface area (Å²) in [4.78, 5) is 0. The zero-order chi connectivity index (χ0) is 5.86. The first-order chi connectivity index (χ1) is 3.13. The van der Waals surface area contributed by atoms with Crippen molar-refractivity contribution in [3.8, 4) is 0 Å². The summed E-state index contributed by atoms with van der Waals surface area (Å²) in [5.41, 5.74) is 10.1. The van der Waals surface area contributed by atoms with E-state index in [-0.39, 0.29) is 9.45 Å². The van der Waals surface area contributed by atoms with Gasteiger partial charge < -0.3 is 11.5 Å². The monoisotopic (exact) mass is 183 g/mol. The highest BCUT2D eigenvalue weighted by molar-refractivity contribution is 9.11. The van der Waals surface area contributed by atoms with Gasteiger partial charge in [-0.25, -0.2) is 0 Å². The largest absolute Gasteiger partial charge is 0.379 e. The van der Waals surface area contributed by atoms with Gasteiger partial charge in [0, 0.05) is 0 Å². The second kappa shape index (κ2) is 3.29. The molecule has 0 aromatic rings. The zero-order valence-electron chi connectivity index (χ0n) is 3.52. The van der Waals surface area contributed by atoms with Gasteiger partial charge in [0.2, 0.25) is 0 Å². The molecule has 0 aliphatic rings. The third-order valence-corrected chi connectivity index (χ3v) is 1.28. The molecule has 0 saturated carbocycles. The van der Waals surface area contributed by atoms with E-state index in [0.717, 1.165) is 11.8 Å². The van der Waals surface area contributed by atoms with E-state index < -0.39 is 0 Å². The Morgan fingerprint density at radius 3 is 2.29 bits per heavy atom. The molecule has 7 heavy (non-hydrogen) atoms. The molecular weight excluding hydrogens is 178 g/mol. The predicted octanol–water partition coefficient (Wildman–Crippen LogP) is 0.250. The van der Waals surface area contributed by atoms with Gasteiger partial charge in [0.1, 0.15) is 4.28 Å². The number of hydrogen-bond acceptors (Lipinski definition) is 3. The van der Waals surface area contributed by atoms with Gasteiger partial charge in [-0.2, -0.15) is 0 Å². The standard InChI is InChI=1S/C2H6BrN3S/c3-1(4)7-2(5)6/h1H,4H2,(H3,5,6). The summed E-state index contributed by atoms with van der Waals surface area (Å²) < 4.78 is -0.245. The molecule has 0 radical (unpaired) electrons. The Morgan fingerprint density at radius 2 is 2.29 bits per heavy atom. The van der Waals surface area contributed by atoms with Gasteiger partial charge in [-0.05, 0) is 0 Å². The van der Waals surface area contributed by atoms with Crippen molar-refractivity contribution >= 4 is 32.9 Å². The smallest absolute Gasteiger partial charge is 0.153 e. The number of alkyl halides is 1. The molecule has 0 aromatic carbocycles. The molecule has 0 aliphatic heterocycles. The van der Waals surface area contributed by atoms with E-state index in [0.29, 0.717) is 0 Å². The Labute approximate surface area is 54.5 Å². The highest BCUT2D eigenvalue weighted by atomic mass is 79.9.